The zero-order valence-electron chi connectivity index (χ0n) is 9.09. The van der Waals surface area contributed by atoms with Crippen molar-refractivity contribution in [3.8, 4) is 5.75 Å². The molecular weight excluding hydrogens is 309 g/mol. The number of ether oxygens (including phenoxy) is 1. The van der Waals surface area contributed by atoms with Crippen LogP contribution in [0.4, 0.5) is 13.2 Å². The van der Waals surface area contributed by atoms with E-state index < -0.39 is 17.5 Å². The highest BCUT2D eigenvalue weighted by Crippen LogP contribution is 2.23. The first-order chi connectivity index (χ1) is 8.58. The van der Waals surface area contributed by atoms with Gasteiger partial charge in [0.15, 0.2) is 23.2 Å². The summed E-state index contributed by atoms with van der Waals surface area (Å²) in [6.07, 6.45) is 0. The Hall–Kier alpha value is -1.49. The first-order valence-corrected chi connectivity index (χ1v) is 5.88. The van der Waals surface area contributed by atoms with Gasteiger partial charge in [-0.05, 0) is 24.3 Å². The molecule has 2 rings (SSSR count). The lowest BCUT2D eigenvalue weighted by molar-refractivity contribution is 0.282. The monoisotopic (exact) mass is 316 g/mol. The van der Waals surface area contributed by atoms with E-state index in [4.69, 9.17) is 4.74 Å². The fourth-order valence-corrected chi connectivity index (χ4v) is 1.74. The highest BCUT2D eigenvalue weighted by atomic mass is 79.9. The zero-order valence-corrected chi connectivity index (χ0v) is 10.7. The summed E-state index contributed by atoms with van der Waals surface area (Å²) in [5, 5.41) is 0. The molecule has 94 valence electrons. The van der Waals surface area contributed by atoms with E-state index in [1.165, 1.54) is 24.3 Å². The van der Waals surface area contributed by atoms with E-state index in [9.17, 15) is 13.2 Å². The van der Waals surface area contributed by atoms with Crippen LogP contribution < -0.4 is 4.74 Å². The summed E-state index contributed by atoms with van der Waals surface area (Å²) in [5.74, 6) is -2.51. The van der Waals surface area contributed by atoms with Gasteiger partial charge >= 0.3 is 0 Å². The van der Waals surface area contributed by atoms with Crippen molar-refractivity contribution in [2.24, 2.45) is 0 Å². The first kappa shape index (κ1) is 13.0. The van der Waals surface area contributed by atoms with E-state index in [1.807, 2.05) is 0 Å². The summed E-state index contributed by atoms with van der Waals surface area (Å²) in [5.41, 5.74) is 0.0392. The quantitative estimate of drug-likeness (QED) is 0.813. The molecule has 0 atom stereocenters. The van der Waals surface area contributed by atoms with Crippen LogP contribution in [0.2, 0.25) is 0 Å². The summed E-state index contributed by atoms with van der Waals surface area (Å²) in [7, 11) is 0. The van der Waals surface area contributed by atoms with Crippen LogP contribution in [0.1, 0.15) is 5.56 Å². The van der Waals surface area contributed by atoms with Gasteiger partial charge in [-0.2, -0.15) is 0 Å². The molecule has 0 aliphatic carbocycles. The molecule has 0 aromatic heterocycles. The molecule has 2 aromatic carbocycles. The Labute approximate surface area is 110 Å². The normalized spacial score (nSPS) is 10.4. The fraction of sp³-hybridized carbons (Fsp3) is 0.0769. The van der Waals surface area contributed by atoms with E-state index in [2.05, 4.69) is 15.9 Å². The van der Waals surface area contributed by atoms with Gasteiger partial charge < -0.3 is 4.74 Å². The van der Waals surface area contributed by atoms with Crippen molar-refractivity contribution < 1.29 is 17.9 Å². The molecule has 0 heterocycles. The van der Waals surface area contributed by atoms with Crippen molar-refractivity contribution in [2.75, 3.05) is 0 Å². The van der Waals surface area contributed by atoms with Gasteiger partial charge in [0.2, 0.25) is 0 Å². The highest BCUT2D eigenvalue weighted by Gasteiger charge is 2.09. The van der Waals surface area contributed by atoms with E-state index in [-0.39, 0.29) is 17.9 Å². The van der Waals surface area contributed by atoms with Crippen LogP contribution in [0.15, 0.2) is 40.9 Å². The van der Waals surface area contributed by atoms with Crippen molar-refractivity contribution in [2.45, 2.75) is 6.61 Å². The average Bonchev–Trinajstić information content (AvgIpc) is 2.33. The van der Waals surface area contributed by atoms with Crippen LogP contribution in [0.25, 0.3) is 0 Å². The molecule has 0 radical (unpaired) electrons. The summed E-state index contributed by atoms with van der Waals surface area (Å²) in [6, 6.07) is 8.01. The SMILES string of the molecule is Fc1cc(Br)ccc1OCc1cccc(F)c1F. The topological polar surface area (TPSA) is 9.23 Å². The largest absolute Gasteiger partial charge is 0.486 e. The molecule has 0 aliphatic heterocycles. The first-order valence-electron chi connectivity index (χ1n) is 5.08. The second-order valence-corrected chi connectivity index (χ2v) is 4.49. The molecule has 2 aromatic rings. The third-order valence-electron chi connectivity index (χ3n) is 2.31. The Kier molecular flexibility index (Phi) is 3.91. The number of halogens is 4. The second-order valence-electron chi connectivity index (χ2n) is 3.58. The van der Waals surface area contributed by atoms with Crippen molar-refractivity contribution in [3.05, 3.63) is 63.9 Å². The van der Waals surface area contributed by atoms with Crippen molar-refractivity contribution >= 4 is 15.9 Å². The van der Waals surface area contributed by atoms with Crippen LogP contribution in [0.3, 0.4) is 0 Å². The zero-order chi connectivity index (χ0) is 13.1. The van der Waals surface area contributed by atoms with Gasteiger partial charge in [-0.3, -0.25) is 0 Å². The minimum atomic E-state index is -0.977. The minimum Gasteiger partial charge on any atom is -0.486 e. The molecule has 0 aliphatic rings. The molecule has 0 saturated carbocycles. The van der Waals surface area contributed by atoms with E-state index in [0.29, 0.717) is 4.47 Å². The summed E-state index contributed by atoms with van der Waals surface area (Å²) in [6.45, 7) is -0.234. The Balaban J connectivity index is 2.14. The third kappa shape index (κ3) is 2.85. The van der Waals surface area contributed by atoms with Gasteiger partial charge in [0.25, 0.3) is 0 Å². The maximum absolute atomic E-state index is 13.4. The van der Waals surface area contributed by atoms with Crippen LogP contribution in [-0.4, -0.2) is 0 Å². The standard InChI is InChI=1S/C13H8BrF3O/c14-9-4-5-12(11(16)6-9)18-7-8-2-1-3-10(15)13(8)17/h1-6H,7H2. The van der Waals surface area contributed by atoms with Gasteiger partial charge in [0.05, 0.1) is 0 Å². The van der Waals surface area contributed by atoms with E-state index in [0.717, 1.165) is 6.07 Å². The second kappa shape index (κ2) is 5.44. The van der Waals surface area contributed by atoms with Crippen LogP contribution in [0.5, 0.6) is 5.75 Å². The molecule has 18 heavy (non-hydrogen) atoms. The molecule has 0 N–H and O–H groups in total. The summed E-state index contributed by atoms with van der Waals surface area (Å²) in [4.78, 5) is 0. The van der Waals surface area contributed by atoms with Crippen LogP contribution >= 0.6 is 15.9 Å². The van der Waals surface area contributed by atoms with E-state index in [1.54, 1.807) is 6.07 Å². The number of hydrogen-bond acceptors (Lipinski definition) is 1. The summed E-state index contributed by atoms with van der Waals surface area (Å²) >= 11 is 3.11. The molecule has 0 amide bonds. The van der Waals surface area contributed by atoms with Gasteiger partial charge in [-0.15, -0.1) is 0 Å². The van der Waals surface area contributed by atoms with Gasteiger partial charge in [-0.25, -0.2) is 13.2 Å². The number of rotatable bonds is 3. The third-order valence-corrected chi connectivity index (χ3v) is 2.80. The lowest BCUT2D eigenvalue weighted by Gasteiger charge is -2.08. The lowest BCUT2D eigenvalue weighted by Crippen LogP contribution is -2.01. The minimum absolute atomic E-state index is 0.0122. The van der Waals surface area contributed by atoms with Gasteiger partial charge in [0, 0.05) is 10.0 Å². The average molecular weight is 317 g/mol. The molecule has 1 nitrogen and oxygen atoms in total. The predicted molar refractivity (Wildman–Crippen MR) is 64.8 cm³/mol. The number of hydrogen-bond donors (Lipinski definition) is 0. The van der Waals surface area contributed by atoms with Crippen molar-refractivity contribution in [1.29, 1.82) is 0 Å². The molecule has 0 fully saturated rings. The predicted octanol–water partition coefficient (Wildman–Crippen LogP) is 4.45. The van der Waals surface area contributed by atoms with Gasteiger partial charge in [0.1, 0.15) is 6.61 Å². The Morgan fingerprint density at radius 2 is 1.78 bits per heavy atom. The van der Waals surface area contributed by atoms with E-state index >= 15 is 0 Å². The highest BCUT2D eigenvalue weighted by molar-refractivity contribution is 9.10. The van der Waals surface area contributed by atoms with Crippen molar-refractivity contribution in [1.82, 2.24) is 0 Å². The smallest absolute Gasteiger partial charge is 0.166 e. The molecule has 0 saturated heterocycles. The van der Waals surface area contributed by atoms with Crippen LogP contribution in [0, 0.1) is 17.5 Å². The Morgan fingerprint density at radius 3 is 2.50 bits per heavy atom. The Morgan fingerprint density at radius 1 is 1.00 bits per heavy atom. The molecular formula is C13H8BrF3O. The summed E-state index contributed by atoms with van der Waals surface area (Å²) < 4.78 is 45.3. The van der Waals surface area contributed by atoms with Crippen LogP contribution in [-0.2, 0) is 6.61 Å². The molecule has 5 heteroatoms. The number of benzene rings is 2. The van der Waals surface area contributed by atoms with Gasteiger partial charge in [-0.1, -0.05) is 28.1 Å². The maximum atomic E-state index is 13.4. The molecule has 0 unspecified atom stereocenters. The lowest BCUT2D eigenvalue weighted by atomic mass is 10.2. The molecule has 0 spiro atoms. The fourth-order valence-electron chi connectivity index (χ4n) is 1.41. The van der Waals surface area contributed by atoms with Crippen molar-refractivity contribution in [3.63, 3.8) is 0 Å². The maximum Gasteiger partial charge on any atom is 0.166 e. The Bertz CT molecular complexity index is 572. The molecule has 0 bridgehead atoms.